The Morgan fingerprint density at radius 1 is 0.900 bits per heavy atom. The van der Waals surface area contributed by atoms with Crippen molar-refractivity contribution < 1.29 is 4.42 Å². The Bertz CT molecular complexity index is 1780. The molecule has 3 aromatic heterocycles. The van der Waals surface area contributed by atoms with Crippen LogP contribution in [0.3, 0.4) is 0 Å². The Morgan fingerprint density at radius 2 is 1.77 bits per heavy atom. The van der Waals surface area contributed by atoms with Gasteiger partial charge in [-0.15, -0.1) is 0 Å². The number of allylic oxidation sites excluding steroid dienone is 2. The summed E-state index contributed by atoms with van der Waals surface area (Å²) in [5, 5.41) is 9.56. The molecule has 2 aliphatic rings. The Morgan fingerprint density at radius 3 is 2.73 bits per heavy atom. The van der Waals surface area contributed by atoms with E-state index in [1.54, 1.807) is 0 Å². The lowest BCUT2D eigenvalue weighted by Gasteiger charge is -2.23. The fourth-order valence-electron chi connectivity index (χ4n) is 5.26. The molecule has 4 nitrogen and oxygen atoms in total. The number of rotatable bonds is 0. The number of para-hydroxylation sites is 2. The first-order valence-electron chi connectivity index (χ1n) is 10.2. The largest absolute Gasteiger partial charge is 0.455 e. The van der Waals surface area contributed by atoms with Crippen molar-refractivity contribution in [1.82, 2.24) is 4.40 Å². The number of aliphatic imine (C=N–C) groups is 1. The minimum absolute atomic E-state index is 0.100. The lowest BCUT2D eigenvalue weighted by atomic mass is 10.0. The molecule has 0 saturated carbocycles. The molecule has 1 N–H and O–H groups in total. The van der Waals surface area contributed by atoms with Gasteiger partial charge in [-0.2, -0.15) is 0 Å². The Balaban J connectivity index is 1.67. The van der Waals surface area contributed by atoms with Crippen molar-refractivity contribution in [3.05, 3.63) is 78.9 Å². The van der Waals surface area contributed by atoms with E-state index in [1.807, 2.05) is 12.1 Å². The van der Waals surface area contributed by atoms with Gasteiger partial charge in [0.25, 0.3) is 0 Å². The third-order valence-electron chi connectivity index (χ3n) is 6.52. The van der Waals surface area contributed by atoms with Crippen LogP contribution in [0.5, 0.6) is 0 Å². The molecular weight excluding hydrogens is 370 g/mol. The van der Waals surface area contributed by atoms with Crippen LogP contribution in [0.1, 0.15) is 0 Å². The SMILES string of the molecule is C1=CC2=Nc3c(n4c5ccccc5c5c6oc7ccccc7c6cc3c54)NC2C=C1. The minimum Gasteiger partial charge on any atom is -0.455 e. The third-order valence-corrected chi connectivity index (χ3v) is 6.52. The smallest absolute Gasteiger partial charge is 0.145 e. The van der Waals surface area contributed by atoms with E-state index in [-0.39, 0.29) is 6.04 Å². The zero-order chi connectivity index (χ0) is 19.4. The molecule has 0 saturated heterocycles. The highest BCUT2D eigenvalue weighted by atomic mass is 16.3. The van der Waals surface area contributed by atoms with Gasteiger partial charge in [-0.3, -0.25) is 4.40 Å². The molecule has 8 rings (SSSR count). The van der Waals surface area contributed by atoms with Crippen molar-refractivity contribution in [3.8, 4) is 0 Å². The van der Waals surface area contributed by atoms with E-state index in [2.05, 4.69) is 76.5 Å². The van der Waals surface area contributed by atoms with Gasteiger partial charge in [0, 0.05) is 21.5 Å². The van der Waals surface area contributed by atoms with Crippen LogP contribution >= 0.6 is 0 Å². The van der Waals surface area contributed by atoms with Crippen LogP contribution in [0.15, 0.2) is 88.3 Å². The molecule has 0 bridgehead atoms. The van der Waals surface area contributed by atoms with Crippen molar-refractivity contribution in [2.24, 2.45) is 4.99 Å². The van der Waals surface area contributed by atoms with E-state index >= 15 is 0 Å². The summed E-state index contributed by atoms with van der Waals surface area (Å²) in [7, 11) is 0. The van der Waals surface area contributed by atoms with Crippen molar-refractivity contribution in [3.63, 3.8) is 0 Å². The Kier molecular flexibility index (Phi) is 2.44. The molecule has 0 spiro atoms. The second-order valence-electron chi connectivity index (χ2n) is 8.08. The lowest BCUT2D eigenvalue weighted by molar-refractivity contribution is 0.673. The second-order valence-corrected chi connectivity index (χ2v) is 8.08. The lowest BCUT2D eigenvalue weighted by Crippen LogP contribution is -2.30. The van der Waals surface area contributed by atoms with Gasteiger partial charge in [-0.05, 0) is 24.3 Å². The average Bonchev–Trinajstić information content (AvgIpc) is 3.43. The van der Waals surface area contributed by atoms with E-state index < -0.39 is 0 Å². The summed E-state index contributed by atoms with van der Waals surface area (Å²) in [4.78, 5) is 5.10. The number of nitrogens with one attached hydrogen (secondary N) is 1. The van der Waals surface area contributed by atoms with E-state index in [0.717, 1.165) is 44.5 Å². The van der Waals surface area contributed by atoms with Crippen molar-refractivity contribution in [2.45, 2.75) is 6.04 Å². The van der Waals surface area contributed by atoms with Crippen molar-refractivity contribution >= 4 is 66.3 Å². The molecular formula is C26H15N3O. The van der Waals surface area contributed by atoms with Gasteiger partial charge in [0.2, 0.25) is 0 Å². The number of furan rings is 1. The molecule has 30 heavy (non-hydrogen) atoms. The normalized spacial score (nSPS) is 17.9. The summed E-state index contributed by atoms with van der Waals surface area (Å²) in [6.45, 7) is 0. The van der Waals surface area contributed by atoms with Crippen LogP contribution in [-0.2, 0) is 0 Å². The number of hydrogen-bond acceptors (Lipinski definition) is 3. The fraction of sp³-hybridized carbons (Fsp3) is 0.0385. The first kappa shape index (κ1) is 14.9. The molecule has 6 aromatic rings. The summed E-state index contributed by atoms with van der Waals surface area (Å²) in [6, 6.07) is 19.2. The predicted molar refractivity (Wildman–Crippen MR) is 124 cm³/mol. The van der Waals surface area contributed by atoms with E-state index in [0.29, 0.717) is 0 Å². The molecule has 140 valence electrons. The third kappa shape index (κ3) is 1.59. The van der Waals surface area contributed by atoms with Crippen molar-refractivity contribution in [1.29, 1.82) is 0 Å². The number of fused-ring (bicyclic) bond motifs is 11. The van der Waals surface area contributed by atoms with Gasteiger partial charge in [0.1, 0.15) is 22.7 Å². The van der Waals surface area contributed by atoms with Crippen molar-refractivity contribution in [2.75, 3.05) is 5.32 Å². The maximum atomic E-state index is 6.41. The standard InChI is InChI=1S/C26H15N3O/c1-5-11-20-15(8-1)22-24-17(13-16-14-7-2-6-12-21(14)30-25(16)22)23-26(29(20)24)28-19-10-4-3-9-18(19)27-23/h1-13,19,28H. The quantitative estimate of drug-likeness (QED) is 0.321. The van der Waals surface area contributed by atoms with Gasteiger partial charge in [-0.1, -0.05) is 54.6 Å². The van der Waals surface area contributed by atoms with Gasteiger partial charge >= 0.3 is 0 Å². The first-order chi connectivity index (χ1) is 14.9. The molecule has 3 aromatic carbocycles. The summed E-state index contributed by atoms with van der Waals surface area (Å²) in [6.07, 6.45) is 8.38. The molecule has 1 atom stereocenters. The molecule has 1 aliphatic heterocycles. The Labute approximate surface area is 170 Å². The monoisotopic (exact) mass is 385 g/mol. The minimum atomic E-state index is 0.100. The van der Waals surface area contributed by atoms with Crippen LogP contribution in [-0.4, -0.2) is 16.2 Å². The fourth-order valence-corrected chi connectivity index (χ4v) is 5.26. The van der Waals surface area contributed by atoms with E-state index in [9.17, 15) is 0 Å². The first-order valence-corrected chi connectivity index (χ1v) is 10.2. The number of hydrogen-bond donors (Lipinski definition) is 1. The average molecular weight is 385 g/mol. The van der Waals surface area contributed by atoms with E-state index in [1.165, 1.54) is 21.8 Å². The van der Waals surface area contributed by atoms with Gasteiger partial charge in [-0.25, -0.2) is 4.99 Å². The molecule has 1 aliphatic carbocycles. The van der Waals surface area contributed by atoms with Gasteiger partial charge in [0.15, 0.2) is 0 Å². The molecule has 0 radical (unpaired) electrons. The van der Waals surface area contributed by atoms with Crippen LogP contribution < -0.4 is 5.32 Å². The predicted octanol–water partition coefficient (Wildman–Crippen LogP) is 6.58. The van der Waals surface area contributed by atoms with Gasteiger partial charge < -0.3 is 9.73 Å². The van der Waals surface area contributed by atoms with Gasteiger partial charge in [0.05, 0.1) is 28.2 Å². The molecule has 4 heteroatoms. The zero-order valence-corrected chi connectivity index (χ0v) is 15.9. The highest BCUT2D eigenvalue weighted by molar-refractivity contribution is 6.31. The molecule has 0 fully saturated rings. The molecule has 4 heterocycles. The summed E-state index contributed by atoms with van der Waals surface area (Å²) in [5.41, 5.74) is 6.29. The van der Waals surface area contributed by atoms with E-state index in [4.69, 9.17) is 9.41 Å². The zero-order valence-electron chi connectivity index (χ0n) is 15.9. The summed E-state index contributed by atoms with van der Waals surface area (Å²) in [5.74, 6) is 1.06. The van der Waals surface area contributed by atoms with Crippen LogP contribution in [0.4, 0.5) is 11.5 Å². The number of benzene rings is 3. The maximum Gasteiger partial charge on any atom is 0.145 e. The summed E-state index contributed by atoms with van der Waals surface area (Å²) >= 11 is 0. The molecule has 0 amide bonds. The molecule has 1 unspecified atom stereocenters. The van der Waals surface area contributed by atoms with Crippen LogP contribution in [0.2, 0.25) is 0 Å². The van der Waals surface area contributed by atoms with Crippen LogP contribution in [0.25, 0.3) is 49.1 Å². The maximum absolute atomic E-state index is 6.41. The number of anilines is 1. The highest BCUT2D eigenvalue weighted by Crippen LogP contribution is 2.50. The highest BCUT2D eigenvalue weighted by Gasteiger charge is 2.30. The van der Waals surface area contributed by atoms with Crippen LogP contribution in [0, 0.1) is 0 Å². The summed E-state index contributed by atoms with van der Waals surface area (Å²) < 4.78 is 8.74. The second kappa shape index (κ2) is 4.92. The number of aromatic nitrogens is 1. The topological polar surface area (TPSA) is 41.9 Å². The Hall–Kier alpha value is -4.05. The number of nitrogens with zero attached hydrogens (tertiary/aromatic N) is 2.